The number of likely N-dealkylation sites (tertiary alicyclic amines) is 1. The van der Waals surface area contributed by atoms with Gasteiger partial charge in [0.05, 0.1) is 6.04 Å². The van der Waals surface area contributed by atoms with Crippen molar-refractivity contribution in [2.75, 3.05) is 6.54 Å². The SMILES string of the molecule is O=C(NC1CCc2ccccc21)c1cccc(CN2CCCC2=O)c1. The molecule has 4 nitrogen and oxygen atoms in total. The molecule has 128 valence electrons. The highest BCUT2D eigenvalue weighted by atomic mass is 16.2. The van der Waals surface area contributed by atoms with Crippen LogP contribution in [0.2, 0.25) is 0 Å². The van der Waals surface area contributed by atoms with Crippen LogP contribution in [-0.2, 0) is 17.8 Å². The van der Waals surface area contributed by atoms with Crippen molar-refractivity contribution in [3.63, 3.8) is 0 Å². The first-order valence-corrected chi connectivity index (χ1v) is 8.96. The van der Waals surface area contributed by atoms with E-state index in [9.17, 15) is 9.59 Å². The zero-order valence-corrected chi connectivity index (χ0v) is 14.2. The molecule has 1 aliphatic carbocycles. The first-order chi connectivity index (χ1) is 12.2. The van der Waals surface area contributed by atoms with Gasteiger partial charge in [-0.1, -0.05) is 36.4 Å². The van der Waals surface area contributed by atoms with Crippen molar-refractivity contribution in [2.45, 2.75) is 38.3 Å². The van der Waals surface area contributed by atoms with Gasteiger partial charge in [-0.15, -0.1) is 0 Å². The molecule has 1 aliphatic heterocycles. The molecule has 0 spiro atoms. The molecule has 2 aromatic carbocycles. The summed E-state index contributed by atoms with van der Waals surface area (Å²) in [4.78, 5) is 26.3. The van der Waals surface area contributed by atoms with E-state index in [2.05, 4.69) is 17.4 Å². The second-order valence-corrected chi connectivity index (χ2v) is 6.88. The van der Waals surface area contributed by atoms with Gasteiger partial charge < -0.3 is 10.2 Å². The summed E-state index contributed by atoms with van der Waals surface area (Å²) in [5.74, 6) is 0.161. The molecule has 1 N–H and O–H groups in total. The smallest absolute Gasteiger partial charge is 0.251 e. The number of hydrogen-bond donors (Lipinski definition) is 1. The Morgan fingerprint density at radius 2 is 2.00 bits per heavy atom. The third-order valence-electron chi connectivity index (χ3n) is 5.17. The molecule has 1 fully saturated rings. The second kappa shape index (κ2) is 6.71. The van der Waals surface area contributed by atoms with Crippen molar-refractivity contribution in [2.24, 2.45) is 0 Å². The minimum absolute atomic E-state index is 0.0451. The van der Waals surface area contributed by atoms with E-state index in [1.54, 1.807) is 0 Å². The lowest BCUT2D eigenvalue weighted by molar-refractivity contribution is -0.128. The summed E-state index contributed by atoms with van der Waals surface area (Å²) in [5.41, 5.74) is 4.23. The molecule has 0 aromatic heterocycles. The number of aryl methyl sites for hydroxylation is 1. The largest absolute Gasteiger partial charge is 0.345 e. The van der Waals surface area contributed by atoms with Crippen LogP contribution >= 0.6 is 0 Å². The molecule has 0 bridgehead atoms. The molecule has 0 radical (unpaired) electrons. The van der Waals surface area contributed by atoms with Crippen molar-refractivity contribution in [3.05, 3.63) is 70.8 Å². The van der Waals surface area contributed by atoms with E-state index in [1.165, 1.54) is 11.1 Å². The number of benzene rings is 2. The monoisotopic (exact) mass is 334 g/mol. The summed E-state index contributed by atoms with van der Waals surface area (Å²) in [6.45, 7) is 1.40. The molecule has 1 saturated heterocycles. The Balaban J connectivity index is 1.46. The van der Waals surface area contributed by atoms with Gasteiger partial charge in [-0.3, -0.25) is 9.59 Å². The van der Waals surface area contributed by atoms with E-state index in [0.717, 1.165) is 31.4 Å². The Morgan fingerprint density at radius 1 is 1.12 bits per heavy atom. The third-order valence-corrected chi connectivity index (χ3v) is 5.17. The predicted molar refractivity (Wildman–Crippen MR) is 96.1 cm³/mol. The summed E-state index contributed by atoms with van der Waals surface area (Å²) in [6.07, 6.45) is 3.53. The number of hydrogen-bond acceptors (Lipinski definition) is 2. The number of fused-ring (bicyclic) bond motifs is 1. The van der Waals surface area contributed by atoms with Gasteiger partial charge in [0.1, 0.15) is 0 Å². The van der Waals surface area contributed by atoms with Crippen LogP contribution in [0.5, 0.6) is 0 Å². The first kappa shape index (κ1) is 15.9. The van der Waals surface area contributed by atoms with Gasteiger partial charge >= 0.3 is 0 Å². The maximum absolute atomic E-state index is 12.7. The predicted octanol–water partition coefficient (Wildman–Crippen LogP) is 3.23. The van der Waals surface area contributed by atoms with Crippen LogP contribution in [0.15, 0.2) is 48.5 Å². The number of nitrogens with one attached hydrogen (secondary N) is 1. The van der Waals surface area contributed by atoms with Crippen LogP contribution in [0, 0.1) is 0 Å². The summed E-state index contributed by atoms with van der Waals surface area (Å²) >= 11 is 0. The van der Waals surface area contributed by atoms with E-state index >= 15 is 0 Å². The normalized spacial score (nSPS) is 19.1. The molecule has 1 unspecified atom stereocenters. The van der Waals surface area contributed by atoms with Gasteiger partial charge in [-0.05, 0) is 48.1 Å². The van der Waals surface area contributed by atoms with Gasteiger partial charge in [0, 0.05) is 25.1 Å². The Kier molecular flexibility index (Phi) is 4.26. The fourth-order valence-corrected chi connectivity index (χ4v) is 3.85. The molecule has 25 heavy (non-hydrogen) atoms. The zero-order chi connectivity index (χ0) is 17.2. The van der Waals surface area contributed by atoms with Crippen molar-refractivity contribution in [1.29, 1.82) is 0 Å². The highest BCUT2D eigenvalue weighted by molar-refractivity contribution is 5.94. The maximum Gasteiger partial charge on any atom is 0.251 e. The van der Waals surface area contributed by atoms with Crippen molar-refractivity contribution in [3.8, 4) is 0 Å². The number of nitrogens with zero attached hydrogens (tertiary/aromatic N) is 1. The zero-order valence-electron chi connectivity index (χ0n) is 14.2. The Hall–Kier alpha value is -2.62. The van der Waals surface area contributed by atoms with Crippen molar-refractivity contribution < 1.29 is 9.59 Å². The van der Waals surface area contributed by atoms with E-state index in [-0.39, 0.29) is 17.9 Å². The van der Waals surface area contributed by atoms with Crippen LogP contribution in [0.25, 0.3) is 0 Å². The lowest BCUT2D eigenvalue weighted by Gasteiger charge is -2.17. The average Bonchev–Trinajstić information content (AvgIpc) is 3.22. The van der Waals surface area contributed by atoms with Gasteiger partial charge in [-0.25, -0.2) is 0 Å². The minimum atomic E-state index is -0.0451. The van der Waals surface area contributed by atoms with E-state index in [4.69, 9.17) is 0 Å². The Bertz CT molecular complexity index is 815. The molecule has 2 amide bonds. The van der Waals surface area contributed by atoms with Crippen LogP contribution in [-0.4, -0.2) is 23.3 Å². The summed E-state index contributed by atoms with van der Waals surface area (Å²) in [7, 11) is 0. The lowest BCUT2D eigenvalue weighted by atomic mass is 10.1. The van der Waals surface area contributed by atoms with Gasteiger partial charge in [0.2, 0.25) is 5.91 Å². The van der Waals surface area contributed by atoms with Crippen molar-refractivity contribution in [1.82, 2.24) is 10.2 Å². The molecular weight excluding hydrogens is 312 g/mol. The quantitative estimate of drug-likeness (QED) is 0.933. The summed E-state index contributed by atoms with van der Waals surface area (Å²) < 4.78 is 0. The van der Waals surface area contributed by atoms with E-state index in [0.29, 0.717) is 18.5 Å². The lowest BCUT2D eigenvalue weighted by Crippen LogP contribution is -2.27. The molecular formula is C21H22N2O2. The molecule has 2 aliphatic rings. The van der Waals surface area contributed by atoms with Crippen LogP contribution < -0.4 is 5.32 Å². The van der Waals surface area contributed by atoms with E-state index in [1.807, 2.05) is 41.3 Å². The number of rotatable bonds is 4. The average molecular weight is 334 g/mol. The standard InChI is InChI=1S/C21H22N2O2/c24-20-9-4-12-23(20)14-15-5-3-7-17(13-15)21(25)22-19-11-10-16-6-1-2-8-18(16)19/h1-3,5-8,13,19H,4,9-12,14H2,(H,22,25). The number of carbonyl (C=O) groups excluding carboxylic acids is 2. The fraction of sp³-hybridized carbons (Fsp3) is 0.333. The highest BCUT2D eigenvalue weighted by Gasteiger charge is 2.24. The minimum Gasteiger partial charge on any atom is -0.345 e. The molecule has 0 saturated carbocycles. The Morgan fingerprint density at radius 3 is 2.84 bits per heavy atom. The van der Waals surface area contributed by atoms with Crippen LogP contribution in [0.3, 0.4) is 0 Å². The first-order valence-electron chi connectivity index (χ1n) is 8.96. The number of amides is 2. The summed E-state index contributed by atoms with van der Waals surface area (Å²) in [5, 5.41) is 3.16. The van der Waals surface area contributed by atoms with Gasteiger partial charge in [0.15, 0.2) is 0 Å². The number of carbonyl (C=O) groups is 2. The van der Waals surface area contributed by atoms with Crippen molar-refractivity contribution >= 4 is 11.8 Å². The van der Waals surface area contributed by atoms with Crippen LogP contribution in [0.1, 0.15) is 52.4 Å². The topological polar surface area (TPSA) is 49.4 Å². The third kappa shape index (κ3) is 3.29. The second-order valence-electron chi connectivity index (χ2n) is 6.88. The molecule has 1 heterocycles. The molecule has 1 atom stereocenters. The summed E-state index contributed by atoms with van der Waals surface area (Å²) in [6, 6.07) is 16.0. The van der Waals surface area contributed by atoms with E-state index < -0.39 is 0 Å². The molecule has 4 rings (SSSR count). The fourth-order valence-electron chi connectivity index (χ4n) is 3.85. The van der Waals surface area contributed by atoms with Crippen LogP contribution in [0.4, 0.5) is 0 Å². The molecule has 4 heteroatoms. The Labute approximate surface area is 147 Å². The maximum atomic E-state index is 12.7. The molecule has 2 aromatic rings. The highest BCUT2D eigenvalue weighted by Crippen LogP contribution is 2.30. The van der Waals surface area contributed by atoms with Gasteiger partial charge in [0.25, 0.3) is 5.91 Å². The van der Waals surface area contributed by atoms with Gasteiger partial charge in [-0.2, -0.15) is 0 Å².